The van der Waals surface area contributed by atoms with Crippen molar-refractivity contribution < 1.29 is 9.90 Å². The molecule has 0 aliphatic heterocycles. The first-order chi connectivity index (χ1) is 10.2. The second kappa shape index (κ2) is 5.89. The average molecular weight is 295 g/mol. The van der Waals surface area contributed by atoms with Gasteiger partial charge in [0.25, 0.3) is 0 Å². The lowest BCUT2D eigenvalue weighted by atomic mass is 10.1. The molecule has 0 aliphatic carbocycles. The Labute approximate surface area is 126 Å². The summed E-state index contributed by atoms with van der Waals surface area (Å²) in [7, 11) is 0. The van der Waals surface area contributed by atoms with Gasteiger partial charge in [0.1, 0.15) is 9.88 Å². The van der Waals surface area contributed by atoms with Crippen LogP contribution >= 0.6 is 11.3 Å². The summed E-state index contributed by atoms with van der Waals surface area (Å²) < 4.78 is 0. The van der Waals surface area contributed by atoms with Crippen molar-refractivity contribution in [2.24, 2.45) is 0 Å². The summed E-state index contributed by atoms with van der Waals surface area (Å²) in [6.45, 7) is 0. The third-order valence-electron chi connectivity index (χ3n) is 3.13. The monoisotopic (exact) mass is 295 g/mol. The van der Waals surface area contributed by atoms with E-state index in [-0.39, 0.29) is 0 Å². The predicted octanol–water partition coefficient (Wildman–Crippen LogP) is 4.10. The molecule has 0 saturated carbocycles. The minimum atomic E-state index is -0.916. The van der Waals surface area contributed by atoms with Crippen molar-refractivity contribution in [1.82, 2.24) is 4.98 Å². The summed E-state index contributed by atoms with van der Waals surface area (Å²) in [5.41, 5.74) is 2.63. The number of rotatable bonds is 4. The molecule has 3 nitrogen and oxygen atoms in total. The Hall–Kier alpha value is -2.46. The average Bonchev–Trinajstić information content (AvgIpc) is 2.93. The normalized spacial score (nSPS) is 10.5. The number of nitrogens with zero attached hydrogens (tertiary/aromatic N) is 1. The molecule has 3 rings (SSSR count). The van der Waals surface area contributed by atoms with E-state index in [0.717, 1.165) is 16.1 Å². The molecular weight excluding hydrogens is 282 g/mol. The Morgan fingerprint density at radius 3 is 2.24 bits per heavy atom. The summed E-state index contributed by atoms with van der Waals surface area (Å²) >= 11 is 1.23. The predicted molar refractivity (Wildman–Crippen MR) is 83.8 cm³/mol. The van der Waals surface area contributed by atoms with Gasteiger partial charge in [-0.05, 0) is 5.56 Å². The Morgan fingerprint density at radius 1 is 1.00 bits per heavy atom. The highest BCUT2D eigenvalue weighted by molar-refractivity contribution is 7.17. The quantitative estimate of drug-likeness (QED) is 0.788. The van der Waals surface area contributed by atoms with Crippen LogP contribution in [0.3, 0.4) is 0 Å². The minimum absolute atomic E-state index is 0.317. The molecule has 2 aromatic carbocycles. The van der Waals surface area contributed by atoms with Crippen LogP contribution in [-0.2, 0) is 6.42 Å². The van der Waals surface area contributed by atoms with E-state index in [4.69, 9.17) is 0 Å². The van der Waals surface area contributed by atoms with Crippen LogP contribution in [0, 0.1) is 0 Å². The van der Waals surface area contributed by atoms with Gasteiger partial charge in [-0.25, -0.2) is 9.78 Å². The summed E-state index contributed by atoms with van der Waals surface area (Å²) in [5.74, 6) is -0.916. The standard InChI is InChI=1S/C17H13NO2S/c19-17(20)15-14(11-12-7-3-1-4-8-12)18-16(21-15)13-9-5-2-6-10-13/h1-10H,11H2,(H,19,20). The fraction of sp³-hybridized carbons (Fsp3) is 0.0588. The van der Waals surface area contributed by atoms with Crippen molar-refractivity contribution >= 4 is 17.3 Å². The van der Waals surface area contributed by atoms with Gasteiger partial charge in [-0.1, -0.05) is 60.7 Å². The Morgan fingerprint density at radius 2 is 1.62 bits per heavy atom. The first-order valence-electron chi connectivity index (χ1n) is 6.56. The number of carboxylic acids is 1. The van der Waals surface area contributed by atoms with Crippen LogP contribution in [0.4, 0.5) is 0 Å². The van der Waals surface area contributed by atoms with Crippen molar-refractivity contribution in [3.05, 3.63) is 76.8 Å². The van der Waals surface area contributed by atoms with Crippen molar-refractivity contribution in [1.29, 1.82) is 0 Å². The SMILES string of the molecule is O=C(O)c1sc(-c2ccccc2)nc1Cc1ccccc1. The molecule has 3 aromatic rings. The van der Waals surface area contributed by atoms with Crippen molar-refractivity contribution in [3.63, 3.8) is 0 Å². The van der Waals surface area contributed by atoms with Gasteiger partial charge in [-0.15, -0.1) is 11.3 Å². The maximum absolute atomic E-state index is 11.4. The van der Waals surface area contributed by atoms with E-state index < -0.39 is 5.97 Å². The van der Waals surface area contributed by atoms with Gasteiger partial charge in [0, 0.05) is 12.0 Å². The number of carbonyl (C=O) groups is 1. The van der Waals surface area contributed by atoms with Crippen molar-refractivity contribution in [2.45, 2.75) is 6.42 Å². The van der Waals surface area contributed by atoms with E-state index in [2.05, 4.69) is 4.98 Å². The molecule has 1 heterocycles. The number of benzene rings is 2. The zero-order chi connectivity index (χ0) is 14.7. The minimum Gasteiger partial charge on any atom is -0.477 e. The van der Waals surface area contributed by atoms with E-state index >= 15 is 0 Å². The van der Waals surface area contributed by atoms with Crippen LogP contribution < -0.4 is 0 Å². The molecule has 0 radical (unpaired) electrons. The molecular formula is C17H13NO2S. The van der Waals surface area contributed by atoms with E-state index in [1.165, 1.54) is 11.3 Å². The molecule has 1 N–H and O–H groups in total. The van der Waals surface area contributed by atoms with Gasteiger partial charge in [0.2, 0.25) is 0 Å². The number of hydrogen-bond donors (Lipinski definition) is 1. The molecule has 0 unspecified atom stereocenters. The highest BCUT2D eigenvalue weighted by Crippen LogP contribution is 2.29. The largest absolute Gasteiger partial charge is 0.477 e. The van der Waals surface area contributed by atoms with E-state index in [9.17, 15) is 9.90 Å². The fourth-order valence-electron chi connectivity index (χ4n) is 2.13. The Kier molecular flexibility index (Phi) is 3.79. The van der Waals surface area contributed by atoms with Crippen LogP contribution in [0.25, 0.3) is 10.6 Å². The molecule has 1 aromatic heterocycles. The van der Waals surface area contributed by atoms with Crippen LogP contribution in [0.5, 0.6) is 0 Å². The number of aromatic carboxylic acids is 1. The Bertz CT molecular complexity index is 751. The fourth-order valence-corrected chi connectivity index (χ4v) is 3.06. The third kappa shape index (κ3) is 3.01. The van der Waals surface area contributed by atoms with Crippen LogP contribution in [0.2, 0.25) is 0 Å². The van der Waals surface area contributed by atoms with E-state index in [1.807, 2.05) is 60.7 Å². The topological polar surface area (TPSA) is 50.2 Å². The molecule has 0 amide bonds. The molecule has 0 aliphatic rings. The highest BCUT2D eigenvalue weighted by Gasteiger charge is 2.18. The molecule has 0 saturated heterocycles. The van der Waals surface area contributed by atoms with E-state index in [1.54, 1.807) is 0 Å². The smallest absolute Gasteiger partial charge is 0.347 e. The van der Waals surface area contributed by atoms with Crippen LogP contribution in [0.1, 0.15) is 20.9 Å². The number of aromatic nitrogens is 1. The van der Waals surface area contributed by atoms with Gasteiger partial charge in [-0.3, -0.25) is 0 Å². The molecule has 104 valence electrons. The zero-order valence-electron chi connectivity index (χ0n) is 11.2. The number of carboxylic acid groups (broad SMARTS) is 1. The molecule has 0 fully saturated rings. The maximum Gasteiger partial charge on any atom is 0.347 e. The maximum atomic E-state index is 11.4. The van der Waals surface area contributed by atoms with Crippen molar-refractivity contribution in [3.8, 4) is 10.6 Å². The van der Waals surface area contributed by atoms with Gasteiger partial charge in [-0.2, -0.15) is 0 Å². The number of hydrogen-bond acceptors (Lipinski definition) is 3. The molecule has 0 bridgehead atoms. The van der Waals surface area contributed by atoms with Gasteiger partial charge in [0.15, 0.2) is 0 Å². The first kappa shape index (κ1) is 13.5. The lowest BCUT2D eigenvalue weighted by Crippen LogP contribution is -1.99. The van der Waals surface area contributed by atoms with Gasteiger partial charge in [0.05, 0.1) is 5.69 Å². The molecule has 4 heteroatoms. The summed E-state index contributed by atoms with van der Waals surface area (Å²) in [4.78, 5) is 16.3. The van der Waals surface area contributed by atoms with Crippen LogP contribution in [-0.4, -0.2) is 16.1 Å². The van der Waals surface area contributed by atoms with Gasteiger partial charge < -0.3 is 5.11 Å². The lowest BCUT2D eigenvalue weighted by molar-refractivity contribution is 0.0701. The lowest BCUT2D eigenvalue weighted by Gasteiger charge is -1.99. The summed E-state index contributed by atoms with van der Waals surface area (Å²) in [6, 6.07) is 19.5. The van der Waals surface area contributed by atoms with Crippen LogP contribution in [0.15, 0.2) is 60.7 Å². The second-order valence-electron chi connectivity index (χ2n) is 4.63. The first-order valence-corrected chi connectivity index (χ1v) is 7.38. The summed E-state index contributed by atoms with van der Waals surface area (Å²) in [5, 5.41) is 10.1. The highest BCUT2D eigenvalue weighted by atomic mass is 32.1. The van der Waals surface area contributed by atoms with Gasteiger partial charge >= 0.3 is 5.97 Å². The molecule has 0 atom stereocenters. The summed E-state index contributed by atoms with van der Waals surface area (Å²) in [6.07, 6.45) is 0.534. The zero-order valence-corrected chi connectivity index (χ0v) is 12.0. The number of thiazole rings is 1. The Balaban J connectivity index is 2.00. The molecule has 21 heavy (non-hydrogen) atoms. The molecule has 0 spiro atoms. The van der Waals surface area contributed by atoms with E-state index in [0.29, 0.717) is 17.0 Å². The third-order valence-corrected chi connectivity index (χ3v) is 4.26. The van der Waals surface area contributed by atoms with Crippen molar-refractivity contribution in [2.75, 3.05) is 0 Å². The second-order valence-corrected chi connectivity index (χ2v) is 5.63.